The molecule has 0 amide bonds. The van der Waals surface area contributed by atoms with Gasteiger partial charge in [0.15, 0.2) is 0 Å². The molecule has 166 valence electrons. The highest BCUT2D eigenvalue weighted by molar-refractivity contribution is 7.16. The first kappa shape index (κ1) is 20.7. The number of hydrogen-bond acceptors (Lipinski definition) is 8. The van der Waals surface area contributed by atoms with Crippen LogP contribution in [0.2, 0.25) is 0 Å². The van der Waals surface area contributed by atoms with E-state index in [0.29, 0.717) is 0 Å². The third-order valence-corrected chi connectivity index (χ3v) is 6.46. The SMILES string of the molecule is CC(C)Nc1cc(Nc2ccc3ncsc3c2)ncc1-c1cnc(N2CCCC2CO)[nH]1. The second-order valence-electron chi connectivity index (χ2n) is 8.37. The Morgan fingerprint density at radius 2 is 2.12 bits per heavy atom. The molecule has 0 saturated carbocycles. The average Bonchev–Trinajstić information content (AvgIpc) is 3.53. The van der Waals surface area contributed by atoms with Crippen molar-refractivity contribution in [3.05, 3.63) is 42.2 Å². The van der Waals surface area contributed by atoms with Gasteiger partial charge in [-0.1, -0.05) is 0 Å². The highest BCUT2D eigenvalue weighted by Crippen LogP contribution is 2.32. The first-order valence-electron chi connectivity index (χ1n) is 10.9. The van der Waals surface area contributed by atoms with E-state index in [1.54, 1.807) is 11.3 Å². The van der Waals surface area contributed by atoms with E-state index in [1.807, 2.05) is 36.1 Å². The molecular formula is C23H27N7OS. The molecule has 1 unspecified atom stereocenters. The predicted octanol–water partition coefficient (Wildman–Crippen LogP) is 4.61. The Labute approximate surface area is 190 Å². The van der Waals surface area contributed by atoms with Gasteiger partial charge in [-0.2, -0.15) is 0 Å². The van der Waals surface area contributed by atoms with Gasteiger partial charge in [-0.25, -0.2) is 15.0 Å². The summed E-state index contributed by atoms with van der Waals surface area (Å²) in [4.78, 5) is 19.2. The molecule has 0 radical (unpaired) electrons. The smallest absolute Gasteiger partial charge is 0.203 e. The number of hydrogen-bond donors (Lipinski definition) is 4. The molecule has 0 aliphatic carbocycles. The molecular weight excluding hydrogens is 422 g/mol. The number of benzene rings is 1. The number of aliphatic hydroxyl groups excluding tert-OH is 1. The van der Waals surface area contributed by atoms with Crippen LogP contribution in [0.25, 0.3) is 21.5 Å². The number of aliphatic hydroxyl groups is 1. The summed E-state index contributed by atoms with van der Waals surface area (Å²) in [6, 6.07) is 8.54. The van der Waals surface area contributed by atoms with Gasteiger partial charge in [0.05, 0.1) is 40.3 Å². The van der Waals surface area contributed by atoms with E-state index in [-0.39, 0.29) is 18.7 Å². The van der Waals surface area contributed by atoms with Gasteiger partial charge < -0.3 is 25.6 Å². The van der Waals surface area contributed by atoms with Gasteiger partial charge in [-0.15, -0.1) is 11.3 Å². The van der Waals surface area contributed by atoms with E-state index in [0.717, 1.165) is 64.0 Å². The molecule has 32 heavy (non-hydrogen) atoms. The summed E-state index contributed by atoms with van der Waals surface area (Å²) in [5.41, 5.74) is 6.67. The Morgan fingerprint density at radius 3 is 2.97 bits per heavy atom. The lowest BCUT2D eigenvalue weighted by Gasteiger charge is -2.22. The van der Waals surface area contributed by atoms with Crippen molar-refractivity contribution < 1.29 is 5.11 Å². The van der Waals surface area contributed by atoms with Crippen molar-refractivity contribution in [2.45, 2.75) is 38.8 Å². The van der Waals surface area contributed by atoms with Crippen molar-refractivity contribution in [3.63, 3.8) is 0 Å². The molecule has 0 bridgehead atoms. The molecule has 3 aromatic heterocycles. The van der Waals surface area contributed by atoms with Crippen LogP contribution in [0.3, 0.4) is 0 Å². The van der Waals surface area contributed by atoms with E-state index in [1.165, 1.54) is 0 Å². The number of fused-ring (bicyclic) bond motifs is 1. The minimum atomic E-state index is 0.128. The lowest BCUT2D eigenvalue weighted by molar-refractivity contribution is 0.265. The summed E-state index contributed by atoms with van der Waals surface area (Å²) in [5, 5.41) is 16.6. The van der Waals surface area contributed by atoms with Gasteiger partial charge in [0.2, 0.25) is 5.95 Å². The number of pyridine rings is 1. The zero-order valence-electron chi connectivity index (χ0n) is 18.2. The van der Waals surface area contributed by atoms with E-state index < -0.39 is 0 Å². The minimum Gasteiger partial charge on any atom is -0.394 e. The fourth-order valence-electron chi connectivity index (χ4n) is 4.15. The third kappa shape index (κ3) is 4.13. The van der Waals surface area contributed by atoms with Crippen LogP contribution >= 0.6 is 11.3 Å². The molecule has 1 fully saturated rings. The lowest BCUT2D eigenvalue weighted by Crippen LogP contribution is -2.32. The second-order valence-corrected chi connectivity index (χ2v) is 9.25. The lowest BCUT2D eigenvalue weighted by atomic mass is 10.1. The van der Waals surface area contributed by atoms with Crippen LogP contribution in [-0.2, 0) is 0 Å². The second kappa shape index (κ2) is 8.76. The first-order chi connectivity index (χ1) is 15.6. The minimum absolute atomic E-state index is 0.128. The van der Waals surface area contributed by atoms with Gasteiger partial charge in [-0.05, 0) is 44.9 Å². The Bertz CT molecular complexity index is 1220. The van der Waals surface area contributed by atoms with Gasteiger partial charge in [0.25, 0.3) is 0 Å². The highest BCUT2D eigenvalue weighted by atomic mass is 32.1. The summed E-state index contributed by atoms with van der Waals surface area (Å²) >= 11 is 1.62. The van der Waals surface area contributed by atoms with E-state index in [9.17, 15) is 5.11 Å². The van der Waals surface area contributed by atoms with Crippen LogP contribution in [0, 0.1) is 0 Å². The molecule has 1 atom stereocenters. The molecule has 8 nitrogen and oxygen atoms in total. The first-order valence-corrected chi connectivity index (χ1v) is 11.8. The molecule has 4 heterocycles. The fourth-order valence-corrected chi connectivity index (χ4v) is 4.86. The van der Waals surface area contributed by atoms with Crippen LogP contribution in [-0.4, -0.2) is 50.3 Å². The van der Waals surface area contributed by atoms with Crippen LogP contribution in [0.4, 0.5) is 23.1 Å². The predicted molar refractivity (Wildman–Crippen MR) is 131 cm³/mol. The Kier molecular flexibility index (Phi) is 5.67. The number of anilines is 4. The molecule has 4 N–H and O–H groups in total. The average molecular weight is 450 g/mol. The quantitative estimate of drug-likeness (QED) is 0.327. The molecule has 9 heteroatoms. The Hall–Kier alpha value is -3.17. The Morgan fingerprint density at radius 1 is 1.22 bits per heavy atom. The number of rotatable bonds is 7. The summed E-state index contributed by atoms with van der Waals surface area (Å²) in [6.07, 6.45) is 5.76. The molecule has 1 aromatic carbocycles. The topological polar surface area (TPSA) is 102 Å². The van der Waals surface area contributed by atoms with Crippen LogP contribution in [0.1, 0.15) is 26.7 Å². The number of aromatic nitrogens is 4. The van der Waals surface area contributed by atoms with Gasteiger partial charge in [-0.3, -0.25) is 0 Å². The number of imidazole rings is 1. The summed E-state index contributed by atoms with van der Waals surface area (Å²) < 4.78 is 1.14. The maximum absolute atomic E-state index is 9.65. The number of aromatic amines is 1. The normalized spacial score (nSPS) is 16.2. The zero-order valence-corrected chi connectivity index (χ0v) is 19.0. The van der Waals surface area contributed by atoms with Gasteiger partial charge in [0, 0.05) is 41.8 Å². The molecule has 1 aliphatic rings. The summed E-state index contributed by atoms with van der Waals surface area (Å²) in [7, 11) is 0. The van der Waals surface area contributed by atoms with Gasteiger partial charge >= 0.3 is 0 Å². The molecule has 5 rings (SSSR count). The largest absolute Gasteiger partial charge is 0.394 e. The van der Waals surface area contributed by atoms with Gasteiger partial charge in [0.1, 0.15) is 5.82 Å². The standard InChI is InChI=1S/C23H27N7OS/c1-14(2)27-19-9-22(28-15-5-6-18-21(8-15)32-13-26-18)24-10-17(19)20-11-25-23(29-20)30-7-3-4-16(30)12-31/h5-6,8-11,13-14,16,31H,3-4,7,12H2,1-2H3,(H,25,29)(H2,24,27,28). The van der Waals surface area contributed by atoms with Crippen LogP contribution in [0.5, 0.6) is 0 Å². The zero-order chi connectivity index (χ0) is 22.1. The molecule has 4 aromatic rings. The van der Waals surface area contributed by atoms with Crippen molar-refractivity contribution in [1.29, 1.82) is 0 Å². The maximum Gasteiger partial charge on any atom is 0.203 e. The van der Waals surface area contributed by atoms with E-state index >= 15 is 0 Å². The van der Waals surface area contributed by atoms with E-state index in [4.69, 9.17) is 0 Å². The van der Waals surface area contributed by atoms with Crippen molar-refractivity contribution in [1.82, 2.24) is 19.9 Å². The Balaban J connectivity index is 1.43. The third-order valence-electron chi connectivity index (χ3n) is 5.66. The van der Waals surface area contributed by atoms with E-state index in [2.05, 4.69) is 55.4 Å². The molecule has 1 saturated heterocycles. The van der Waals surface area contributed by atoms with Crippen LogP contribution < -0.4 is 15.5 Å². The van der Waals surface area contributed by atoms with Crippen molar-refractivity contribution in [2.75, 3.05) is 28.7 Å². The van der Waals surface area contributed by atoms with Crippen molar-refractivity contribution >= 4 is 44.7 Å². The molecule has 1 aliphatic heterocycles. The van der Waals surface area contributed by atoms with Crippen molar-refractivity contribution in [3.8, 4) is 11.3 Å². The number of nitrogens with one attached hydrogen (secondary N) is 3. The number of H-pyrrole nitrogens is 1. The van der Waals surface area contributed by atoms with Crippen LogP contribution in [0.15, 0.2) is 42.2 Å². The highest BCUT2D eigenvalue weighted by Gasteiger charge is 2.26. The summed E-state index contributed by atoms with van der Waals surface area (Å²) in [5.74, 6) is 1.56. The number of thiazole rings is 1. The monoisotopic (exact) mass is 449 g/mol. The maximum atomic E-state index is 9.65. The fraction of sp³-hybridized carbons (Fsp3) is 0.348. The van der Waals surface area contributed by atoms with Crippen molar-refractivity contribution in [2.24, 2.45) is 0 Å². The molecule has 0 spiro atoms. The summed E-state index contributed by atoms with van der Waals surface area (Å²) in [6.45, 7) is 5.28. The number of nitrogens with zero attached hydrogens (tertiary/aromatic N) is 4.